The fraction of sp³-hybridized carbons (Fsp3) is 0.333. The third-order valence-electron chi connectivity index (χ3n) is 3.48. The average molecular weight is 436 g/mol. The van der Waals surface area contributed by atoms with Crippen LogP contribution in [0.3, 0.4) is 0 Å². The van der Waals surface area contributed by atoms with Crippen LogP contribution in [0.5, 0.6) is 0 Å². The Balaban J connectivity index is 1.90. The summed E-state index contributed by atoms with van der Waals surface area (Å²) in [5, 5.41) is 8.87. The Bertz CT molecular complexity index is 865. The van der Waals surface area contributed by atoms with Crippen LogP contribution in [0, 0.1) is 5.82 Å². The van der Waals surface area contributed by atoms with Crippen LogP contribution < -0.4 is 5.32 Å². The number of aromatic nitrogens is 3. The molecule has 9 heteroatoms. The number of anilines is 1. The zero-order valence-electron chi connectivity index (χ0n) is 12.7. The van der Waals surface area contributed by atoms with Crippen molar-refractivity contribution >= 4 is 50.2 Å². The number of aryl methyl sites for hydroxylation is 1. The summed E-state index contributed by atoms with van der Waals surface area (Å²) in [6.07, 6.45) is 0.128. The van der Waals surface area contributed by atoms with Gasteiger partial charge in [-0.3, -0.25) is 0 Å². The lowest BCUT2D eigenvalue weighted by Crippen LogP contribution is -2.05. The molecule has 0 aliphatic rings. The largest absolute Gasteiger partial charge is 0.363 e. The summed E-state index contributed by atoms with van der Waals surface area (Å²) < 4.78 is 28.5. The highest BCUT2D eigenvalue weighted by Crippen LogP contribution is 2.28. The Morgan fingerprint density at radius 1 is 1.46 bits per heavy atom. The van der Waals surface area contributed by atoms with Crippen LogP contribution in [0.1, 0.15) is 23.8 Å². The molecule has 0 amide bonds. The number of rotatable bonds is 6. The maximum Gasteiger partial charge on any atom is 0.243 e. The van der Waals surface area contributed by atoms with E-state index >= 15 is 0 Å². The number of fused-ring (bicyclic) bond motifs is 1. The number of alkyl halides is 1. The van der Waals surface area contributed by atoms with Gasteiger partial charge in [-0.1, -0.05) is 0 Å². The number of halogens is 4. The second-order valence-electron chi connectivity index (χ2n) is 5.39. The van der Waals surface area contributed by atoms with Crippen molar-refractivity contribution < 1.29 is 8.78 Å². The van der Waals surface area contributed by atoms with Crippen molar-refractivity contribution in [3.05, 3.63) is 43.7 Å². The number of hydrogen-bond acceptors (Lipinski definition) is 4. The van der Waals surface area contributed by atoms with Gasteiger partial charge in [-0.15, -0.1) is 16.4 Å². The quantitative estimate of drug-likeness (QED) is 0.575. The van der Waals surface area contributed by atoms with Gasteiger partial charge in [-0.05, 0) is 65.0 Å². The smallest absolute Gasteiger partial charge is 0.243 e. The van der Waals surface area contributed by atoms with Gasteiger partial charge < -0.3 is 5.32 Å². The molecule has 3 aromatic rings. The van der Waals surface area contributed by atoms with Gasteiger partial charge >= 0.3 is 0 Å². The van der Waals surface area contributed by atoms with E-state index in [0.717, 1.165) is 20.6 Å². The first-order valence-corrected chi connectivity index (χ1v) is 9.33. The van der Waals surface area contributed by atoms with Crippen LogP contribution in [0.15, 0.2) is 22.1 Å². The summed E-state index contributed by atoms with van der Waals surface area (Å²) >= 11 is 10.8. The first-order valence-electron chi connectivity index (χ1n) is 7.28. The monoisotopic (exact) mass is 434 g/mol. The fourth-order valence-corrected chi connectivity index (χ4v) is 3.74. The molecule has 0 fully saturated rings. The molecule has 0 saturated carbocycles. The number of thiophene rings is 1. The number of hydrogen-bond donors (Lipinski definition) is 1. The predicted molar refractivity (Wildman–Crippen MR) is 96.2 cm³/mol. The van der Waals surface area contributed by atoms with Crippen molar-refractivity contribution in [2.75, 3.05) is 5.32 Å². The summed E-state index contributed by atoms with van der Waals surface area (Å²) in [4.78, 5) is 5.06. The molecule has 0 aliphatic heterocycles. The summed E-state index contributed by atoms with van der Waals surface area (Å²) in [6.45, 7) is 1.96. The first kappa shape index (κ1) is 17.6. The van der Waals surface area contributed by atoms with Crippen molar-refractivity contribution in [2.24, 2.45) is 0 Å². The van der Waals surface area contributed by atoms with E-state index in [-0.39, 0.29) is 11.1 Å². The van der Waals surface area contributed by atoms with Gasteiger partial charge in [0.25, 0.3) is 0 Å². The van der Waals surface area contributed by atoms with Gasteiger partial charge in [0.05, 0.1) is 12.7 Å². The molecule has 0 saturated heterocycles. The molecular formula is C15H14BrClF2N4S. The van der Waals surface area contributed by atoms with E-state index in [0.29, 0.717) is 25.2 Å². The molecule has 4 nitrogen and oxygen atoms in total. The van der Waals surface area contributed by atoms with Crippen molar-refractivity contribution in [2.45, 2.75) is 32.5 Å². The summed E-state index contributed by atoms with van der Waals surface area (Å²) in [6, 6.07) is 3.37. The Kier molecular flexibility index (Phi) is 5.36. The molecule has 0 aromatic carbocycles. The molecular weight excluding hydrogens is 422 g/mol. The molecule has 0 spiro atoms. The van der Waals surface area contributed by atoms with E-state index in [1.54, 1.807) is 4.52 Å². The zero-order valence-corrected chi connectivity index (χ0v) is 15.9. The third kappa shape index (κ3) is 3.87. The van der Waals surface area contributed by atoms with Gasteiger partial charge in [0, 0.05) is 10.3 Å². The van der Waals surface area contributed by atoms with E-state index in [4.69, 9.17) is 11.6 Å². The molecule has 3 rings (SSSR count). The fourth-order valence-electron chi connectivity index (χ4n) is 2.33. The van der Waals surface area contributed by atoms with Gasteiger partial charge in [0.2, 0.25) is 5.28 Å². The van der Waals surface area contributed by atoms with Crippen LogP contribution in [-0.4, -0.2) is 20.8 Å². The molecule has 1 atom stereocenters. The van der Waals surface area contributed by atoms with Crippen molar-refractivity contribution in [1.82, 2.24) is 14.6 Å². The number of nitrogens with zero attached hydrogens (tertiary/aromatic N) is 3. The maximum atomic E-state index is 13.1. The topological polar surface area (TPSA) is 42.2 Å². The van der Waals surface area contributed by atoms with Crippen LogP contribution in [0.2, 0.25) is 5.28 Å². The van der Waals surface area contributed by atoms with E-state index in [2.05, 4.69) is 31.3 Å². The standard InChI is InChI=1S/C15H14BrClF2N4S/c1-8(18)2-3-9-4-12-14(20-6-11-5-10(19)7-24-11)21-15(17)22-23(12)13(9)16/h4-5,7-8H,2-3,6H2,1H3,(H,20,21,22). The predicted octanol–water partition coefficient (Wildman–Crippen LogP) is 5.25. The van der Waals surface area contributed by atoms with E-state index < -0.39 is 6.17 Å². The molecule has 1 unspecified atom stereocenters. The molecule has 1 N–H and O–H groups in total. The average Bonchev–Trinajstić information content (AvgIpc) is 3.07. The Hall–Kier alpha value is -1.25. The summed E-state index contributed by atoms with van der Waals surface area (Å²) in [5.41, 5.74) is 1.66. The van der Waals surface area contributed by atoms with Gasteiger partial charge in [-0.25, -0.2) is 13.3 Å². The second-order valence-corrected chi connectivity index (χ2v) is 7.48. The van der Waals surface area contributed by atoms with E-state index in [1.165, 1.54) is 29.7 Å². The highest BCUT2D eigenvalue weighted by Gasteiger charge is 2.15. The van der Waals surface area contributed by atoms with Crippen LogP contribution >= 0.6 is 38.9 Å². The molecule has 3 heterocycles. The SMILES string of the molecule is CC(F)CCc1cc2c(NCc3cc(F)cs3)nc(Cl)nn2c1Br. The molecule has 128 valence electrons. The summed E-state index contributed by atoms with van der Waals surface area (Å²) in [5.74, 6) is 0.291. The lowest BCUT2D eigenvalue weighted by Gasteiger charge is -2.06. The Labute approximate surface area is 155 Å². The third-order valence-corrected chi connectivity index (χ3v) is 5.40. The maximum absolute atomic E-state index is 13.1. The Morgan fingerprint density at radius 2 is 2.25 bits per heavy atom. The molecule has 3 aromatic heterocycles. The van der Waals surface area contributed by atoms with Gasteiger partial charge in [0.1, 0.15) is 15.9 Å². The zero-order chi connectivity index (χ0) is 17.3. The van der Waals surface area contributed by atoms with E-state index in [9.17, 15) is 8.78 Å². The first-order chi connectivity index (χ1) is 11.4. The van der Waals surface area contributed by atoms with E-state index in [1.807, 2.05) is 6.07 Å². The lowest BCUT2D eigenvalue weighted by molar-refractivity contribution is 0.341. The van der Waals surface area contributed by atoms with Crippen molar-refractivity contribution in [3.8, 4) is 0 Å². The lowest BCUT2D eigenvalue weighted by atomic mass is 10.1. The van der Waals surface area contributed by atoms with Crippen LogP contribution in [0.4, 0.5) is 14.6 Å². The normalized spacial score (nSPS) is 12.7. The van der Waals surface area contributed by atoms with Crippen LogP contribution in [0.25, 0.3) is 5.52 Å². The van der Waals surface area contributed by atoms with Gasteiger partial charge in [-0.2, -0.15) is 4.98 Å². The Morgan fingerprint density at radius 3 is 2.92 bits per heavy atom. The molecule has 0 aliphatic carbocycles. The van der Waals surface area contributed by atoms with Crippen molar-refractivity contribution in [3.63, 3.8) is 0 Å². The molecule has 0 radical (unpaired) electrons. The number of nitrogens with one attached hydrogen (secondary N) is 1. The van der Waals surface area contributed by atoms with Gasteiger partial charge in [0.15, 0.2) is 5.82 Å². The highest BCUT2D eigenvalue weighted by atomic mass is 79.9. The summed E-state index contributed by atoms with van der Waals surface area (Å²) in [7, 11) is 0. The van der Waals surface area contributed by atoms with Crippen molar-refractivity contribution in [1.29, 1.82) is 0 Å². The minimum Gasteiger partial charge on any atom is -0.363 e. The molecule has 0 bridgehead atoms. The molecule has 24 heavy (non-hydrogen) atoms. The highest BCUT2D eigenvalue weighted by molar-refractivity contribution is 9.10. The second kappa shape index (κ2) is 7.33. The minimum absolute atomic E-state index is 0.0871. The van der Waals surface area contributed by atoms with Crippen LogP contribution in [-0.2, 0) is 13.0 Å². The minimum atomic E-state index is -0.874.